The van der Waals surface area contributed by atoms with Gasteiger partial charge in [0.15, 0.2) is 0 Å². The summed E-state index contributed by atoms with van der Waals surface area (Å²) in [4.78, 5) is 0. The zero-order valence-corrected chi connectivity index (χ0v) is 11.0. The Morgan fingerprint density at radius 2 is 2.19 bits per heavy atom. The van der Waals surface area contributed by atoms with E-state index < -0.39 is 0 Å². The van der Waals surface area contributed by atoms with Crippen LogP contribution in [0.2, 0.25) is 10.0 Å². The lowest BCUT2D eigenvalue weighted by molar-refractivity contribution is 0.0543. The third kappa shape index (κ3) is 3.79. The second kappa shape index (κ2) is 6.67. The van der Waals surface area contributed by atoms with E-state index in [1.54, 1.807) is 6.07 Å². The molecule has 1 N–H and O–H groups in total. The summed E-state index contributed by atoms with van der Waals surface area (Å²) in [6, 6.07) is 5.49. The van der Waals surface area contributed by atoms with Gasteiger partial charge in [0.05, 0.1) is 12.7 Å². The fourth-order valence-corrected chi connectivity index (χ4v) is 2.08. The van der Waals surface area contributed by atoms with Gasteiger partial charge >= 0.3 is 0 Å². The molecule has 2 rings (SSSR count). The second-order valence-electron chi connectivity index (χ2n) is 3.66. The van der Waals surface area contributed by atoms with E-state index in [1.807, 2.05) is 12.1 Å². The molecule has 1 aliphatic heterocycles. The Morgan fingerprint density at radius 3 is 2.81 bits per heavy atom. The molecule has 0 spiro atoms. The van der Waals surface area contributed by atoms with E-state index in [0.29, 0.717) is 22.8 Å². The summed E-state index contributed by atoms with van der Waals surface area (Å²) in [6.45, 7) is 2.53. The van der Waals surface area contributed by atoms with Crippen LogP contribution in [-0.4, -0.2) is 19.2 Å². The summed E-state index contributed by atoms with van der Waals surface area (Å²) in [5.41, 5.74) is 0.993. The molecule has 1 fully saturated rings. The minimum Gasteiger partial charge on any atom is -0.372 e. The molecular formula is C11H14Cl3NO. The van der Waals surface area contributed by atoms with Crippen LogP contribution < -0.4 is 5.32 Å². The molecule has 0 radical (unpaired) electrons. The molecule has 16 heavy (non-hydrogen) atoms. The largest absolute Gasteiger partial charge is 0.372 e. The molecule has 0 bridgehead atoms. The fraction of sp³-hybridized carbons (Fsp3) is 0.455. The van der Waals surface area contributed by atoms with E-state index in [4.69, 9.17) is 27.9 Å². The first-order chi connectivity index (χ1) is 7.25. The molecule has 5 heteroatoms. The summed E-state index contributed by atoms with van der Waals surface area (Å²) in [5.74, 6) is 0. The van der Waals surface area contributed by atoms with Crippen molar-refractivity contribution in [3.05, 3.63) is 33.8 Å². The van der Waals surface area contributed by atoms with Gasteiger partial charge in [-0.15, -0.1) is 12.4 Å². The highest BCUT2D eigenvalue weighted by Crippen LogP contribution is 2.22. The maximum absolute atomic E-state index is 6.03. The number of benzene rings is 1. The van der Waals surface area contributed by atoms with Crippen LogP contribution in [0.15, 0.2) is 18.2 Å². The van der Waals surface area contributed by atoms with Crippen LogP contribution in [-0.2, 0) is 11.3 Å². The van der Waals surface area contributed by atoms with Gasteiger partial charge in [-0.25, -0.2) is 0 Å². The van der Waals surface area contributed by atoms with E-state index in [1.165, 1.54) is 0 Å². The quantitative estimate of drug-likeness (QED) is 0.918. The molecule has 2 nitrogen and oxygen atoms in total. The van der Waals surface area contributed by atoms with Crippen LogP contribution in [0.3, 0.4) is 0 Å². The SMILES string of the molecule is Cl.Clc1ccc(CO[C@@H]2CCNC2)c(Cl)c1. The lowest BCUT2D eigenvalue weighted by Crippen LogP contribution is -2.16. The van der Waals surface area contributed by atoms with Gasteiger partial charge < -0.3 is 10.1 Å². The lowest BCUT2D eigenvalue weighted by Gasteiger charge is -2.11. The van der Waals surface area contributed by atoms with Crippen molar-refractivity contribution in [2.45, 2.75) is 19.1 Å². The maximum atomic E-state index is 6.03. The number of nitrogens with one attached hydrogen (secondary N) is 1. The molecule has 0 aliphatic carbocycles. The minimum absolute atomic E-state index is 0. The second-order valence-corrected chi connectivity index (χ2v) is 4.51. The molecule has 0 aromatic heterocycles. The number of halogens is 3. The first-order valence-corrected chi connectivity index (χ1v) is 5.77. The highest BCUT2D eigenvalue weighted by molar-refractivity contribution is 6.35. The molecule has 1 atom stereocenters. The molecule has 1 saturated heterocycles. The Bertz CT molecular complexity index is 340. The van der Waals surface area contributed by atoms with Crippen LogP contribution in [0.25, 0.3) is 0 Å². The Labute approximate surface area is 112 Å². The van der Waals surface area contributed by atoms with Crippen molar-refractivity contribution in [3.63, 3.8) is 0 Å². The summed E-state index contributed by atoms with van der Waals surface area (Å²) in [5, 5.41) is 4.59. The van der Waals surface area contributed by atoms with Crippen LogP contribution in [0.5, 0.6) is 0 Å². The summed E-state index contributed by atoms with van der Waals surface area (Å²) < 4.78 is 5.72. The number of hydrogen-bond acceptors (Lipinski definition) is 2. The van der Waals surface area contributed by atoms with Gasteiger partial charge in [0, 0.05) is 16.6 Å². The molecule has 1 aromatic carbocycles. The van der Waals surface area contributed by atoms with Crippen molar-refractivity contribution in [2.24, 2.45) is 0 Å². The van der Waals surface area contributed by atoms with Crippen molar-refractivity contribution in [1.29, 1.82) is 0 Å². The topological polar surface area (TPSA) is 21.3 Å². The van der Waals surface area contributed by atoms with E-state index in [9.17, 15) is 0 Å². The van der Waals surface area contributed by atoms with Crippen LogP contribution in [0.4, 0.5) is 0 Å². The van der Waals surface area contributed by atoms with Gasteiger partial charge in [0.25, 0.3) is 0 Å². The van der Waals surface area contributed by atoms with Crippen molar-refractivity contribution >= 4 is 35.6 Å². The van der Waals surface area contributed by atoms with Crippen LogP contribution in [0, 0.1) is 0 Å². The van der Waals surface area contributed by atoms with Crippen molar-refractivity contribution in [3.8, 4) is 0 Å². The van der Waals surface area contributed by atoms with E-state index in [-0.39, 0.29) is 12.4 Å². The number of rotatable bonds is 3. The Kier molecular flexibility index (Phi) is 5.87. The minimum atomic E-state index is 0. The standard InChI is InChI=1S/C11H13Cl2NO.ClH/c12-9-2-1-8(11(13)5-9)7-15-10-3-4-14-6-10;/h1-2,5,10,14H,3-4,6-7H2;1H/t10-;/m1./s1. The zero-order chi connectivity index (χ0) is 10.7. The lowest BCUT2D eigenvalue weighted by atomic mass is 10.2. The van der Waals surface area contributed by atoms with Crippen LogP contribution in [0.1, 0.15) is 12.0 Å². The summed E-state index contributed by atoms with van der Waals surface area (Å²) in [7, 11) is 0. The van der Waals surface area contributed by atoms with Gasteiger partial charge in [-0.3, -0.25) is 0 Å². The molecule has 0 amide bonds. The van der Waals surface area contributed by atoms with Gasteiger partial charge in [-0.2, -0.15) is 0 Å². The maximum Gasteiger partial charge on any atom is 0.0735 e. The molecular weight excluding hydrogens is 268 g/mol. The smallest absolute Gasteiger partial charge is 0.0735 e. The van der Waals surface area contributed by atoms with Gasteiger partial charge in [-0.05, 0) is 30.7 Å². The molecule has 0 unspecified atom stereocenters. The van der Waals surface area contributed by atoms with Crippen molar-refractivity contribution < 1.29 is 4.74 Å². The summed E-state index contributed by atoms with van der Waals surface area (Å²) in [6.07, 6.45) is 1.39. The molecule has 90 valence electrons. The average molecular weight is 283 g/mol. The first kappa shape index (κ1) is 14.1. The van der Waals surface area contributed by atoms with Gasteiger partial charge in [0.2, 0.25) is 0 Å². The molecule has 1 aromatic rings. The first-order valence-electron chi connectivity index (χ1n) is 5.02. The van der Waals surface area contributed by atoms with Crippen molar-refractivity contribution in [2.75, 3.05) is 13.1 Å². The van der Waals surface area contributed by atoms with Gasteiger partial charge in [-0.1, -0.05) is 29.3 Å². The zero-order valence-electron chi connectivity index (χ0n) is 8.71. The third-order valence-corrected chi connectivity index (χ3v) is 3.09. The fourth-order valence-electron chi connectivity index (χ4n) is 1.62. The predicted molar refractivity (Wildman–Crippen MR) is 69.8 cm³/mol. The van der Waals surface area contributed by atoms with Crippen LogP contribution >= 0.6 is 35.6 Å². The highest BCUT2D eigenvalue weighted by atomic mass is 35.5. The molecule has 0 saturated carbocycles. The van der Waals surface area contributed by atoms with E-state index in [2.05, 4.69) is 5.32 Å². The normalized spacial score (nSPS) is 19.5. The Hall–Kier alpha value is 0.01000. The third-order valence-electron chi connectivity index (χ3n) is 2.50. The van der Waals surface area contributed by atoms with E-state index in [0.717, 1.165) is 25.1 Å². The van der Waals surface area contributed by atoms with Crippen molar-refractivity contribution in [1.82, 2.24) is 5.32 Å². The Morgan fingerprint density at radius 1 is 1.38 bits per heavy atom. The monoisotopic (exact) mass is 281 g/mol. The molecule has 1 heterocycles. The Balaban J connectivity index is 0.00000128. The molecule has 1 aliphatic rings. The number of hydrogen-bond donors (Lipinski definition) is 1. The van der Waals surface area contributed by atoms with E-state index >= 15 is 0 Å². The predicted octanol–water partition coefficient (Wildman–Crippen LogP) is 3.29. The average Bonchev–Trinajstić information content (AvgIpc) is 2.69. The number of ether oxygens (including phenoxy) is 1. The highest BCUT2D eigenvalue weighted by Gasteiger charge is 2.15. The van der Waals surface area contributed by atoms with Gasteiger partial charge in [0.1, 0.15) is 0 Å². The summed E-state index contributed by atoms with van der Waals surface area (Å²) >= 11 is 11.8.